The maximum atomic E-state index is 11.0. The lowest BCUT2D eigenvalue weighted by Crippen LogP contribution is -1.85. The van der Waals surface area contributed by atoms with Gasteiger partial charge in [0.05, 0.1) is 5.76 Å². The zero-order valence-corrected chi connectivity index (χ0v) is 11.1. The third-order valence-electron chi connectivity index (χ3n) is 2.77. The molecule has 18 heavy (non-hydrogen) atoms. The van der Waals surface area contributed by atoms with Crippen LogP contribution in [0.15, 0.2) is 41.5 Å². The van der Waals surface area contributed by atoms with Gasteiger partial charge in [-0.1, -0.05) is 12.1 Å². The molecule has 0 bridgehead atoms. The highest BCUT2D eigenvalue weighted by Gasteiger charge is 2.07. The highest BCUT2D eigenvalue weighted by Crippen LogP contribution is 2.31. The van der Waals surface area contributed by atoms with Gasteiger partial charge in [-0.25, -0.2) is 0 Å². The molecule has 0 unspecified atom stereocenters. The number of hydrogen-bond acceptors (Lipinski definition) is 3. The average Bonchev–Trinajstić information content (AvgIpc) is 2.83. The molecular weight excluding hydrogens is 244 g/mol. The Balaban J connectivity index is 2.59. The normalized spacial score (nSPS) is 13.0. The second-order valence-corrected chi connectivity index (χ2v) is 5.06. The first kappa shape index (κ1) is 12.6. The molecule has 0 saturated heterocycles. The Morgan fingerprint density at radius 1 is 1.22 bits per heavy atom. The van der Waals surface area contributed by atoms with E-state index in [1.807, 2.05) is 36.6 Å². The van der Waals surface area contributed by atoms with Crippen molar-refractivity contribution in [2.45, 2.75) is 13.8 Å². The smallest absolute Gasteiger partial charge is 0.151 e. The van der Waals surface area contributed by atoms with E-state index in [2.05, 4.69) is 0 Å². The molecule has 0 atom stereocenters. The van der Waals surface area contributed by atoms with Crippen molar-refractivity contribution in [3.8, 4) is 0 Å². The Kier molecular flexibility index (Phi) is 3.63. The fourth-order valence-corrected chi connectivity index (χ4v) is 2.75. The fourth-order valence-electron chi connectivity index (χ4n) is 1.86. The van der Waals surface area contributed by atoms with Crippen molar-refractivity contribution in [2.75, 3.05) is 0 Å². The number of allylic oxidation sites excluding steroid dienone is 4. The second kappa shape index (κ2) is 5.19. The van der Waals surface area contributed by atoms with Gasteiger partial charge in [0.1, 0.15) is 0 Å². The minimum atomic E-state index is 0.278. The Bertz CT molecular complexity index is 644. The number of aliphatic hydroxyl groups excluding tert-OH is 1. The van der Waals surface area contributed by atoms with Crippen molar-refractivity contribution >= 4 is 33.3 Å². The molecule has 3 heteroatoms. The number of aliphatic hydroxyl groups is 1. The number of thiophene rings is 1. The van der Waals surface area contributed by atoms with Gasteiger partial charge in [-0.3, -0.25) is 4.79 Å². The molecule has 1 heterocycles. The SMILES string of the molecule is C/C(O)=C\C=C(/C)c1ccc(C=O)c2sccc12. The molecule has 0 radical (unpaired) electrons. The predicted molar refractivity (Wildman–Crippen MR) is 77.2 cm³/mol. The zero-order chi connectivity index (χ0) is 13.1. The predicted octanol–water partition coefficient (Wildman–Crippen LogP) is 4.58. The van der Waals surface area contributed by atoms with Crippen LogP contribution < -0.4 is 0 Å². The highest BCUT2D eigenvalue weighted by molar-refractivity contribution is 7.17. The van der Waals surface area contributed by atoms with Gasteiger partial charge in [-0.2, -0.15) is 0 Å². The molecule has 0 aliphatic carbocycles. The molecule has 2 aromatic rings. The van der Waals surface area contributed by atoms with Crippen LogP contribution in [0.25, 0.3) is 15.7 Å². The van der Waals surface area contributed by atoms with Crippen molar-refractivity contribution < 1.29 is 9.90 Å². The van der Waals surface area contributed by atoms with E-state index in [1.165, 1.54) is 0 Å². The van der Waals surface area contributed by atoms with Crippen molar-refractivity contribution in [1.29, 1.82) is 0 Å². The standard InChI is InChI=1S/C15H14O2S/c1-10(3-4-11(2)17)13-6-5-12(9-16)15-14(13)7-8-18-15/h3-9,17H,1-2H3/b10-3+,11-4+. The lowest BCUT2D eigenvalue weighted by Gasteiger charge is -2.04. The summed E-state index contributed by atoms with van der Waals surface area (Å²) in [6, 6.07) is 5.81. The fraction of sp³-hybridized carbons (Fsp3) is 0.133. The molecule has 1 N–H and O–H groups in total. The monoisotopic (exact) mass is 258 g/mol. The lowest BCUT2D eigenvalue weighted by atomic mass is 10.0. The maximum Gasteiger partial charge on any atom is 0.151 e. The highest BCUT2D eigenvalue weighted by atomic mass is 32.1. The minimum absolute atomic E-state index is 0.278. The molecule has 0 aliphatic rings. The first-order valence-electron chi connectivity index (χ1n) is 5.63. The van der Waals surface area contributed by atoms with E-state index >= 15 is 0 Å². The molecule has 0 saturated carbocycles. The molecule has 0 aliphatic heterocycles. The van der Waals surface area contributed by atoms with E-state index in [4.69, 9.17) is 0 Å². The van der Waals surface area contributed by atoms with E-state index in [0.29, 0.717) is 0 Å². The van der Waals surface area contributed by atoms with E-state index < -0.39 is 0 Å². The Labute approximate surface area is 110 Å². The van der Waals surface area contributed by atoms with Gasteiger partial charge >= 0.3 is 0 Å². The summed E-state index contributed by atoms with van der Waals surface area (Å²) in [7, 11) is 0. The third-order valence-corrected chi connectivity index (χ3v) is 3.74. The number of hydrogen-bond donors (Lipinski definition) is 1. The van der Waals surface area contributed by atoms with Crippen molar-refractivity contribution in [3.05, 3.63) is 52.6 Å². The van der Waals surface area contributed by atoms with Gasteiger partial charge in [0.2, 0.25) is 0 Å². The summed E-state index contributed by atoms with van der Waals surface area (Å²) in [4.78, 5) is 11.0. The van der Waals surface area contributed by atoms with E-state index in [1.54, 1.807) is 24.3 Å². The van der Waals surface area contributed by atoms with Crippen LogP contribution >= 0.6 is 11.3 Å². The maximum absolute atomic E-state index is 11.0. The lowest BCUT2D eigenvalue weighted by molar-refractivity contribution is 0.112. The van der Waals surface area contributed by atoms with Gasteiger partial charge in [0.25, 0.3) is 0 Å². The van der Waals surface area contributed by atoms with Gasteiger partial charge in [0.15, 0.2) is 6.29 Å². The average molecular weight is 258 g/mol. The molecule has 92 valence electrons. The first-order chi connectivity index (χ1) is 8.63. The molecule has 0 spiro atoms. The van der Waals surface area contributed by atoms with Gasteiger partial charge in [-0.15, -0.1) is 11.3 Å². The zero-order valence-electron chi connectivity index (χ0n) is 10.3. The number of benzene rings is 1. The van der Waals surface area contributed by atoms with Crippen molar-refractivity contribution in [1.82, 2.24) is 0 Å². The summed E-state index contributed by atoms with van der Waals surface area (Å²) in [6.45, 7) is 3.63. The number of carbonyl (C=O) groups excluding carboxylic acids is 1. The van der Waals surface area contributed by atoms with Crippen LogP contribution in [0, 0.1) is 0 Å². The van der Waals surface area contributed by atoms with Crippen LogP contribution in [-0.2, 0) is 0 Å². The summed E-state index contributed by atoms with van der Waals surface area (Å²) in [6.07, 6.45) is 4.43. The largest absolute Gasteiger partial charge is 0.513 e. The minimum Gasteiger partial charge on any atom is -0.513 e. The van der Waals surface area contributed by atoms with Crippen LogP contribution in [0.3, 0.4) is 0 Å². The van der Waals surface area contributed by atoms with E-state index in [-0.39, 0.29) is 5.76 Å². The van der Waals surface area contributed by atoms with Gasteiger partial charge in [0, 0.05) is 15.6 Å². The topological polar surface area (TPSA) is 37.3 Å². The van der Waals surface area contributed by atoms with Crippen LogP contribution in [0.1, 0.15) is 29.8 Å². The van der Waals surface area contributed by atoms with E-state index in [9.17, 15) is 9.90 Å². The van der Waals surface area contributed by atoms with Crippen LogP contribution in [0.4, 0.5) is 0 Å². The second-order valence-electron chi connectivity index (χ2n) is 4.14. The summed E-state index contributed by atoms with van der Waals surface area (Å²) in [5.74, 6) is 0.278. The number of aldehydes is 1. The van der Waals surface area contributed by atoms with E-state index in [0.717, 1.165) is 33.1 Å². The summed E-state index contributed by atoms with van der Waals surface area (Å²) in [5.41, 5.74) is 2.88. The molecular formula is C15H14O2S. The molecule has 1 aromatic carbocycles. The molecule has 0 amide bonds. The van der Waals surface area contributed by atoms with Gasteiger partial charge in [-0.05, 0) is 48.6 Å². The number of rotatable bonds is 3. The van der Waals surface area contributed by atoms with Crippen LogP contribution in [0.5, 0.6) is 0 Å². The Morgan fingerprint density at radius 2 is 2.00 bits per heavy atom. The van der Waals surface area contributed by atoms with Gasteiger partial charge < -0.3 is 5.11 Å². The Morgan fingerprint density at radius 3 is 2.67 bits per heavy atom. The summed E-state index contributed by atoms with van der Waals surface area (Å²) < 4.78 is 1.01. The quantitative estimate of drug-likeness (QED) is 0.497. The molecule has 0 fully saturated rings. The molecule has 1 aromatic heterocycles. The van der Waals surface area contributed by atoms with Crippen LogP contribution in [-0.4, -0.2) is 11.4 Å². The number of fused-ring (bicyclic) bond motifs is 1. The molecule has 2 nitrogen and oxygen atoms in total. The number of carbonyl (C=O) groups is 1. The third kappa shape index (κ3) is 2.36. The summed E-state index contributed by atoms with van der Waals surface area (Å²) >= 11 is 1.57. The van der Waals surface area contributed by atoms with Crippen molar-refractivity contribution in [3.63, 3.8) is 0 Å². The van der Waals surface area contributed by atoms with Crippen molar-refractivity contribution in [2.24, 2.45) is 0 Å². The summed E-state index contributed by atoms with van der Waals surface area (Å²) in [5, 5.41) is 12.2. The first-order valence-corrected chi connectivity index (χ1v) is 6.51. The molecule has 2 rings (SSSR count). The van der Waals surface area contributed by atoms with Crippen LogP contribution in [0.2, 0.25) is 0 Å². The Hall–Kier alpha value is -1.87.